The number of aromatic nitrogens is 3. The first-order chi connectivity index (χ1) is 16.4. The lowest BCUT2D eigenvalue weighted by Gasteiger charge is -2.31. The van der Waals surface area contributed by atoms with Gasteiger partial charge in [-0.1, -0.05) is 11.3 Å². The number of fused-ring (bicyclic) bond motifs is 1. The van der Waals surface area contributed by atoms with Gasteiger partial charge < -0.3 is 15.5 Å². The highest BCUT2D eigenvalue weighted by molar-refractivity contribution is 7.22. The minimum absolute atomic E-state index is 0.0702. The number of piperidine rings is 1. The van der Waals surface area contributed by atoms with E-state index in [1.54, 1.807) is 0 Å². The lowest BCUT2D eigenvalue weighted by Crippen LogP contribution is -2.43. The van der Waals surface area contributed by atoms with Crippen molar-refractivity contribution in [3.63, 3.8) is 0 Å². The SMILES string of the molecule is O=C(Cn1cnc2nc(N3CCCC(C(=O)NC4CC4)C3)sc2c1=O)Nc1ccc(F)c(F)c1. The number of carbonyl (C=O) groups is 2. The average Bonchev–Trinajstić information content (AvgIpc) is 3.52. The van der Waals surface area contributed by atoms with Gasteiger partial charge in [0.1, 0.15) is 17.6 Å². The van der Waals surface area contributed by atoms with E-state index in [1.807, 2.05) is 4.90 Å². The molecule has 2 fully saturated rings. The maximum Gasteiger partial charge on any atom is 0.273 e. The summed E-state index contributed by atoms with van der Waals surface area (Å²) in [6, 6.07) is 3.31. The van der Waals surface area contributed by atoms with E-state index >= 15 is 0 Å². The highest BCUT2D eigenvalue weighted by Crippen LogP contribution is 2.30. The quantitative estimate of drug-likeness (QED) is 0.551. The monoisotopic (exact) mass is 488 g/mol. The van der Waals surface area contributed by atoms with Crippen LogP contribution in [0.1, 0.15) is 25.7 Å². The highest BCUT2D eigenvalue weighted by atomic mass is 32.1. The number of carbonyl (C=O) groups excluding carboxylic acids is 2. The summed E-state index contributed by atoms with van der Waals surface area (Å²) in [4.78, 5) is 48.4. The summed E-state index contributed by atoms with van der Waals surface area (Å²) in [5.74, 6) is -2.74. The Morgan fingerprint density at radius 3 is 2.76 bits per heavy atom. The largest absolute Gasteiger partial charge is 0.353 e. The summed E-state index contributed by atoms with van der Waals surface area (Å²) < 4.78 is 27.9. The predicted octanol–water partition coefficient (Wildman–Crippen LogP) is 2.26. The van der Waals surface area contributed by atoms with Crippen LogP contribution in [0.3, 0.4) is 0 Å². The first kappa shape index (κ1) is 22.4. The molecule has 1 saturated carbocycles. The van der Waals surface area contributed by atoms with Crippen LogP contribution in [0.4, 0.5) is 19.6 Å². The van der Waals surface area contributed by atoms with E-state index in [1.165, 1.54) is 23.7 Å². The lowest BCUT2D eigenvalue weighted by atomic mass is 9.97. The third-order valence-corrected chi connectivity index (χ3v) is 6.97. The number of halogens is 2. The van der Waals surface area contributed by atoms with Crippen LogP contribution in [-0.2, 0) is 16.1 Å². The number of anilines is 2. The zero-order valence-electron chi connectivity index (χ0n) is 18.1. The Kier molecular flexibility index (Phi) is 5.98. The van der Waals surface area contributed by atoms with Gasteiger partial charge in [-0.3, -0.25) is 19.0 Å². The fourth-order valence-electron chi connectivity index (χ4n) is 3.92. The van der Waals surface area contributed by atoms with Gasteiger partial charge in [-0.15, -0.1) is 0 Å². The molecule has 2 aromatic heterocycles. The average molecular weight is 489 g/mol. The van der Waals surface area contributed by atoms with Crippen LogP contribution in [0, 0.1) is 17.6 Å². The summed E-state index contributed by atoms with van der Waals surface area (Å²) >= 11 is 1.18. The van der Waals surface area contributed by atoms with Crippen molar-refractivity contribution >= 4 is 44.3 Å². The number of rotatable bonds is 6. The molecule has 2 aliphatic rings. The molecule has 178 valence electrons. The summed E-state index contributed by atoms with van der Waals surface area (Å²) in [6.45, 7) is 0.919. The van der Waals surface area contributed by atoms with Crippen molar-refractivity contribution in [3.05, 3.63) is 46.5 Å². The standard InChI is InChI=1S/C22H22F2N6O3S/c23-15-6-5-14(8-16(15)24)26-17(31)10-30-11-25-19-18(21(30)33)34-22(28-19)29-7-1-2-12(9-29)20(32)27-13-3-4-13/h5-6,8,11-13H,1-4,7,9-10H2,(H,26,31)(H,27,32). The number of thiazole rings is 1. The molecule has 1 aromatic carbocycles. The number of amides is 2. The number of hydrogen-bond donors (Lipinski definition) is 2. The Balaban J connectivity index is 1.29. The zero-order valence-corrected chi connectivity index (χ0v) is 18.9. The van der Waals surface area contributed by atoms with E-state index in [0.717, 1.165) is 48.9 Å². The van der Waals surface area contributed by atoms with Crippen molar-refractivity contribution < 1.29 is 18.4 Å². The number of nitrogens with zero attached hydrogens (tertiary/aromatic N) is 4. The minimum atomic E-state index is -1.08. The fraction of sp³-hybridized carbons (Fsp3) is 0.409. The van der Waals surface area contributed by atoms with Gasteiger partial charge in [0.2, 0.25) is 11.8 Å². The van der Waals surface area contributed by atoms with E-state index < -0.39 is 23.1 Å². The normalized spacial score (nSPS) is 18.2. The Labute approximate surface area is 196 Å². The third-order valence-electron chi connectivity index (χ3n) is 5.88. The molecule has 3 heterocycles. The molecular formula is C22H22F2N6O3S. The second kappa shape index (κ2) is 9.09. The predicted molar refractivity (Wildman–Crippen MR) is 123 cm³/mol. The molecular weight excluding hydrogens is 466 g/mol. The van der Waals surface area contributed by atoms with Gasteiger partial charge in [0.15, 0.2) is 22.4 Å². The molecule has 2 amide bonds. The lowest BCUT2D eigenvalue weighted by molar-refractivity contribution is -0.125. The molecule has 1 atom stereocenters. The van der Waals surface area contributed by atoms with Crippen LogP contribution >= 0.6 is 11.3 Å². The Morgan fingerprint density at radius 2 is 2.00 bits per heavy atom. The molecule has 0 radical (unpaired) electrons. The second-order valence-electron chi connectivity index (χ2n) is 8.57. The van der Waals surface area contributed by atoms with E-state index in [2.05, 4.69) is 20.6 Å². The first-order valence-electron chi connectivity index (χ1n) is 11.0. The second-order valence-corrected chi connectivity index (χ2v) is 9.55. The van der Waals surface area contributed by atoms with E-state index in [9.17, 15) is 23.2 Å². The summed E-state index contributed by atoms with van der Waals surface area (Å²) in [6.07, 6.45) is 4.98. The molecule has 12 heteroatoms. The maximum absolute atomic E-state index is 13.4. The smallest absolute Gasteiger partial charge is 0.273 e. The van der Waals surface area contributed by atoms with Crippen LogP contribution in [0.25, 0.3) is 10.3 Å². The van der Waals surface area contributed by atoms with Gasteiger partial charge in [-0.05, 0) is 37.8 Å². The van der Waals surface area contributed by atoms with Crippen molar-refractivity contribution in [2.45, 2.75) is 38.3 Å². The Morgan fingerprint density at radius 1 is 1.18 bits per heavy atom. The molecule has 9 nitrogen and oxygen atoms in total. The van der Waals surface area contributed by atoms with Crippen molar-refractivity contribution in [3.8, 4) is 0 Å². The molecule has 5 rings (SSSR count). The van der Waals surface area contributed by atoms with Crippen LogP contribution < -0.4 is 21.1 Å². The molecule has 0 bridgehead atoms. The van der Waals surface area contributed by atoms with Gasteiger partial charge in [-0.2, -0.15) is 4.98 Å². The number of hydrogen-bond acceptors (Lipinski definition) is 7. The molecule has 3 aromatic rings. The van der Waals surface area contributed by atoms with Gasteiger partial charge >= 0.3 is 0 Å². The van der Waals surface area contributed by atoms with Crippen molar-refractivity contribution in [2.24, 2.45) is 5.92 Å². The van der Waals surface area contributed by atoms with E-state index in [4.69, 9.17) is 0 Å². The molecule has 2 N–H and O–H groups in total. The summed E-state index contributed by atoms with van der Waals surface area (Å²) in [5.41, 5.74) is -0.0579. The van der Waals surface area contributed by atoms with Crippen LogP contribution in [0.2, 0.25) is 0 Å². The third kappa shape index (κ3) is 4.76. The van der Waals surface area contributed by atoms with Crippen LogP contribution in [0.15, 0.2) is 29.3 Å². The Hall–Kier alpha value is -3.41. The topological polar surface area (TPSA) is 109 Å². The van der Waals surface area contributed by atoms with Gasteiger partial charge in [0, 0.05) is 30.9 Å². The van der Waals surface area contributed by atoms with Crippen LogP contribution in [0.5, 0.6) is 0 Å². The molecule has 1 aliphatic carbocycles. The molecule has 1 saturated heterocycles. The van der Waals surface area contributed by atoms with Gasteiger partial charge in [0.25, 0.3) is 5.56 Å². The van der Waals surface area contributed by atoms with Crippen molar-refractivity contribution in [2.75, 3.05) is 23.3 Å². The molecule has 34 heavy (non-hydrogen) atoms. The molecule has 1 unspecified atom stereocenters. The number of nitrogens with one attached hydrogen (secondary N) is 2. The molecule has 1 aliphatic heterocycles. The first-order valence-corrected chi connectivity index (χ1v) is 11.9. The van der Waals surface area contributed by atoms with E-state index in [-0.39, 0.29) is 29.7 Å². The number of benzene rings is 1. The maximum atomic E-state index is 13.4. The van der Waals surface area contributed by atoms with Gasteiger partial charge in [-0.25, -0.2) is 13.8 Å². The minimum Gasteiger partial charge on any atom is -0.353 e. The fourth-order valence-corrected chi connectivity index (χ4v) is 4.93. The molecule has 0 spiro atoms. The van der Waals surface area contributed by atoms with E-state index in [0.29, 0.717) is 22.4 Å². The Bertz CT molecular complexity index is 1320. The highest BCUT2D eigenvalue weighted by Gasteiger charge is 2.31. The zero-order chi connectivity index (χ0) is 23.8. The summed E-state index contributed by atoms with van der Waals surface area (Å²) in [7, 11) is 0. The summed E-state index contributed by atoms with van der Waals surface area (Å²) in [5, 5.41) is 6.11. The van der Waals surface area contributed by atoms with Crippen LogP contribution in [-0.4, -0.2) is 45.5 Å². The van der Waals surface area contributed by atoms with Crippen molar-refractivity contribution in [1.29, 1.82) is 0 Å². The van der Waals surface area contributed by atoms with Crippen molar-refractivity contribution in [1.82, 2.24) is 19.9 Å². The van der Waals surface area contributed by atoms with Gasteiger partial charge in [0.05, 0.1) is 5.92 Å².